The average Bonchev–Trinajstić information content (AvgIpc) is 2.37. The first-order valence-corrected chi connectivity index (χ1v) is 8.03. The van der Waals surface area contributed by atoms with Crippen LogP contribution in [0.15, 0.2) is 6.33 Å². The number of hydrogen-bond donors (Lipinski definition) is 1. The molecule has 3 nitrogen and oxygen atoms in total. The van der Waals surface area contributed by atoms with Gasteiger partial charge < -0.3 is 5.32 Å². The van der Waals surface area contributed by atoms with E-state index in [0.717, 1.165) is 23.8 Å². The summed E-state index contributed by atoms with van der Waals surface area (Å²) < 4.78 is 0. The fourth-order valence-corrected chi connectivity index (χ4v) is 3.77. The standard InChI is InChI=1S/C13H20ClN3S/c1-9(2)11-12(14)16-8-17-13(11)15-7-10-3-5-18-6-4-10/h8-10H,3-7H2,1-2H3,(H,15,16,17). The number of hydrogen-bond acceptors (Lipinski definition) is 4. The molecule has 2 rings (SSSR count). The van der Waals surface area contributed by atoms with Gasteiger partial charge in [-0.15, -0.1) is 0 Å². The molecule has 18 heavy (non-hydrogen) atoms. The van der Waals surface area contributed by atoms with Crippen molar-refractivity contribution in [3.05, 3.63) is 17.0 Å². The Kier molecular flexibility index (Phi) is 5.13. The summed E-state index contributed by atoms with van der Waals surface area (Å²) in [6, 6.07) is 0. The topological polar surface area (TPSA) is 37.8 Å². The highest BCUT2D eigenvalue weighted by atomic mass is 35.5. The second-order valence-corrected chi connectivity index (χ2v) is 6.60. The van der Waals surface area contributed by atoms with E-state index in [1.807, 2.05) is 0 Å². The largest absolute Gasteiger partial charge is 0.369 e. The van der Waals surface area contributed by atoms with Crippen molar-refractivity contribution in [3.63, 3.8) is 0 Å². The molecule has 0 amide bonds. The Balaban J connectivity index is 2.02. The molecule has 0 aromatic carbocycles. The maximum absolute atomic E-state index is 6.15. The summed E-state index contributed by atoms with van der Waals surface area (Å²) in [5.74, 6) is 4.58. The molecule has 0 radical (unpaired) electrons. The van der Waals surface area contributed by atoms with E-state index in [-0.39, 0.29) is 0 Å². The number of nitrogens with zero attached hydrogens (tertiary/aromatic N) is 2. The van der Waals surface area contributed by atoms with E-state index in [9.17, 15) is 0 Å². The molecule has 0 saturated carbocycles. The van der Waals surface area contributed by atoms with Gasteiger partial charge in [-0.3, -0.25) is 0 Å². The van der Waals surface area contributed by atoms with Crippen LogP contribution in [-0.4, -0.2) is 28.0 Å². The molecule has 1 saturated heterocycles. The van der Waals surface area contributed by atoms with Crippen LogP contribution in [0.2, 0.25) is 5.15 Å². The molecule has 1 aromatic rings. The molecule has 2 heterocycles. The normalized spacial score (nSPS) is 17.1. The fraction of sp³-hybridized carbons (Fsp3) is 0.692. The smallest absolute Gasteiger partial charge is 0.138 e. The molecular weight excluding hydrogens is 266 g/mol. The highest BCUT2D eigenvalue weighted by Crippen LogP contribution is 2.29. The van der Waals surface area contributed by atoms with E-state index in [1.54, 1.807) is 0 Å². The monoisotopic (exact) mass is 285 g/mol. The van der Waals surface area contributed by atoms with Gasteiger partial charge in [-0.2, -0.15) is 11.8 Å². The molecule has 0 spiro atoms. The summed E-state index contributed by atoms with van der Waals surface area (Å²) in [4.78, 5) is 8.40. The number of rotatable bonds is 4. The predicted octanol–water partition coefficient (Wildman–Crippen LogP) is 3.81. The Labute approximate surface area is 118 Å². The second-order valence-electron chi connectivity index (χ2n) is 5.02. The van der Waals surface area contributed by atoms with E-state index < -0.39 is 0 Å². The van der Waals surface area contributed by atoms with Crippen LogP contribution in [0.1, 0.15) is 38.2 Å². The van der Waals surface area contributed by atoms with Gasteiger partial charge in [0.15, 0.2) is 0 Å². The summed E-state index contributed by atoms with van der Waals surface area (Å²) in [6.45, 7) is 5.23. The number of nitrogens with one attached hydrogen (secondary N) is 1. The quantitative estimate of drug-likeness (QED) is 0.854. The van der Waals surface area contributed by atoms with Gasteiger partial charge in [-0.05, 0) is 36.2 Å². The molecule has 0 aliphatic carbocycles. The van der Waals surface area contributed by atoms with E-state index >= 15 is 0 Å². The molecule has 1 aromatic heterocycles. The summed E-state index contributed by atoms with van der Waals surface area (Å²) >= 11 is 8.21. The van der Waals surface area contributed by atoms with Gasteiger partial charge in [0.05, 0.1) is 0 Å². The second kappa shape index (κ2) is 6.62. The third-order valence-corrected chi connectivity index (χ3v) is 4.66. The minimum absolute atomic E-state index is 0.336. The lowest BCUT2D eigenvalue weighted by atomic mass is 10.0. The van der Waals surface area contributed by atoms with Gasteiger partial charge in [0, 0.05) is 12.1 Å². The van der Waals surface area contributed by atoms with Crippen molar-refractivity contribution in [2.75, 3.05) is 23.4 Å². The lowest BCUT2D eigenvalue weighted by Crippen LogP contribution is -2.20. The van der Waals surface area contributed by atoms with Crippen LogP contribution in [0.3, 0.4) is 0 Å². The van der Waals surface area contributed by atoms with Crippen LogP contribution in [0.4, 0.5) is 5.82 Å². The number of aromatic nitrogens is 2. The SMILES string of the molecule is CC(C)c1c(Cl)ncnc1NCC1CCSCC1. The van der Waals surface area contributed by atoms with E-state index in [1.165, 1.54) is 30.7 Å². The highest BCUT2D eigenvalue weighted by Gasteiger charge is 2.17. The Morgan fingerprint density at radius 1 is 1.39 bits per heavy atom. The first kappa shape index (κ1) is 13.9. The Morgan fingerprint density at radius 3 is 2.78 bits per heavy atom. The molecule has 1 aliphatic rings. The highest BCUT2D eigenvalue weighted by molar-refractivity contribution is 7.99. The van der Waals surface area contributed by atoms with Gasteiger partial charge in [0.2, 0.25) is 0 Å². The Bertz CT molecular complexity index is 392. The molecule has 1 fully saturated rings. The number of halogens is 1. The zero-order valence-corrected chi connectivity index (χ0v) is 12.5. The van der Waals surface area contributed by atoms with Crippen molar-refractivity contribution >= 4 is 29.2 Å². The van der Waals surface area contributed by atoms with Crippen LogP contribution in [0.5, 0.6) is 0 Å². The van der Waals surface area contributed by atoms with E-state index in [4.69, 9.17) is 11.6 Å². The average molecular weight is 286 g/mol. The van der Waals surface area contributed by atoms with Crippen molar-refractivity contribution in [1.82, 2.24) is 9.97 Å². The van der Waals surface area contributed by atoms with Gasteiger partial charge >= 0.3 is 0 Å². The lowest BCUT2D eigenvalue weighted by Gasteiger charge is -2.23. The van der Waals surface area contributed by atoms with Crippen molar-refractivity contribution in [3.8, 4) is 0 Å². The molecule has 0 bridgehead atoms. The van der Waals surface area contributed by atoms with Crippen molar-refractivity contribution in [2.45, 2.75) is 32.6 Å². The van der Waals surface area contributed by atoms with Crippen LogP contribution < -0.4 is 5.32 Å². The maximum Gasteiger partial charge on any atom is 0.138 e. The molecule has 0 unspecified atom stereocenters. The minimum atomic E-state index is 0.336. The third kappa shape index (κ3) is 3.51. The molecule has 100 valence electrons. The van der Waals surface area contributed by atoms with Crippen LogP contribution in [0.25, 0.3) is 0 Å². The fourth-order valence-electron chi connectivity index (χ4n) is 2.22. The number of thioether (sulfide) groups is 1. The zero-order valence-electron chi connectivity index (χ0n) is 10.9. The van der Waals surface area contributed by atoms with Gasteiger partial charge in [-0.25, -0.2) is 9.97 Å². The summed E-state index contributed by atoms with van der Waals surface area (Å²) in [6.07, 6.45) is 4.13. The summed E-state index contributed by atoms with van der Waals surface area (Å²) in [7, 11) is 0. The van der Waals surface area contributed by atoms with Gasteiger partial charge in [0.25, 0.3) is 0 Å². The summed E-state index contributed by atoms with van der Waals surface area (Å²) in [5.41, 5.74) is 1.03. The first-order valence-electron chi connectivity index (χ1n) is 6.50. The Morgan fingerprint density at radius 2 is 2.11 bits per heavy atom. The van der Waals surface area contributed by atoms with E-state index in [2.05, 4.69) is 40.9 Å². The lowest BCUT2D eigenvalue weighted by molar-refractivity contribution is 0.515. The van der Waals surface area contributed by atoms with Crippen LogP contribution in [-0.2, 0) is 0 Å². The van der Waals surface area contributed by atoms with Crippen molar-refractivity contribution in [2.24, 2.45) is 5.92 Å². The molecule has 5 heteroatoms. The molecule has 0 atom stereocenters. The number of anilines is 1. The molecule has 1 N–H and O–H groups in total. The first-order chi connectivity index (χ1) is 8.68. The minimum Gasteiger partial charge on any atom is -0.369 e. The van der Waals surface area contributed by atoms with Crippen molar-refractivity contribution < 1.29 is 0 Å². The van der Waals surface area contributed by atoms with Crippen LogP contribution in [0, 0.1) is 5.92 Å². The Hall–Kier alpha value is -0.480. The molecular formula is C13H20ClN3S. The van der Waals surface area contributed by atoms with Gasteiger partial charge in [-0.1, -0.05) is 25.4 Å². The van der Waals surface area contributed by atoms with Crippen molar-refractivity contribution in [1.29, 1.82) is 0 Å². The van der Waals surface area contributed by atoms with E-state index in [0.29, 0.717) is 11.1 Å². The zero-order chi connectivity index (χ0) is 13.0. The summed E-state index contributed by atoms with van der Waals surface area (Å²) in [5, 5.41) is 4.03. The third-order valence-electron chi connectivity index (χ3n) is 3.31. The maximum atomic E-state index is 6.15. The van der Waals surface area contributed by atoms with Crippen LogP contribution >= 0.6 is 23.4 Å². The predicted molar refractivity (Wildman–Crippen MR) is 79.7 cm³/mol. The molecule has 1 aliphatic heterocycles. The van der Waals surface area contributed by atoms with Gasteiger partial charge in [0.1, 0.15) is 17.3 Å².